The van der Waals surface area contributed by atoms with E-state index in [2.05, 4.69) is 10.6 Å². The number of para-hydroxylation sites is 1. The molecule has 7 heteroatoms. The van der Waals surface area contributed by atoms with Crippen molar-refractivity contribution in [2.24, 2.45) is 0 Å². The Kier molecular flexibility index (Phi) is 5.81. The molecule has 1 amide bonds. The maximum atomic E-state index is 13.5. The largest absolute Gasteiger partial charge is 0.496 e. The molecule has 0 bridgehead atoms. The minimum Gasteiger partial charge on any atom is -0.496 e. The molecule has 0 aliphatic rings. The fourth-order valence-corrected chi connectivity index (χ4v) is 2.20. The van der Waals surface area contributed by atoms with E-state index < -0.39 is 29.0 Å². The van der Waals surface area contributed by atoms with Crippen molar-refractivity contribution in [3.05, 3.63) is 59.4 Å². The number of hydrogen-bond acceptors (Lipinski definition) is 3. The average molecular weight is 338 g/mol. The summed E-state index contributed by atoms with van der Waals surface area (Å²) in [5.41, 5.74) is 0.442. The molecule has 2 N–H and O–H groups in total. The van der Waals surface area contributed by atoms with Crippen molar-refractivity contribution in [1.82, 2.24) is 5.32 Å². The molecule has 2 aromatic rings. The number of halogens is 3. The summed E-state index contributed by atoms with van der Waals surface area (Å²) in [5, 5.41) is 5.16. The Morgan fingerprint density at radius 1 is 1.12 bits per heavy atom. The molecule has 0 aliphatic carbocycles. The fourth-order valence-electron chi connectivity index (χ4n) is 2.20. The maximum Gasteiger partial charge on any atom is 0.238 e. The monoisotopic (exact) mass is 338 g/mol. The quantitative estimate of drug-likeness (QED) is 0.794. The van der Waals surface area contributed by atoms with Crippen LogP contribution in [0.2, 0.25) is 0 Å². The molecule has 0 unspecified atom stereocenters. The summed E-state index contributed by atoms with van der Waals surface area (Å²) in [5.74, 6) is -4.27. The SMILES string of the molecule is COc1ccccc1[C@@H](C)NCC(=O)Nc1ccc(F)c(F)c1F. The number of carbonyl (C=O) groups is 1. The van der Waals surface area contributed by atoms with Gasteiger partial charge in [0.2, 0.25) is 5.91 Å². The highest BCUT2D eigenvalue weighted by Crippen LogP contribution is 2.24. The van der Waals surface area contributed by atoms with Gasteiger partial charge in [-0.3, -0.25) is 4.79 Å². The number of ether oxygens (including phenoxy) is 1. The maximum absolute atomic E-state index is 13.5. The molecular formula is C17H17F3N2O2. The normalized spacial score (nSPS) is 11.9. The van der Waals surface area contributed by atoms with Gasteiger partial charge in [-0.1, -0.05) is 18.2 Å². The molecular weight excluding hydrogens is 321 g/mol. The van der Waals surface area contributed by atoms with E-state index in [1.54, 1.807) is 13.2 Å². The van der Waals surface area contributed by atoms with Gasteiger partial charge in [-0.05, 0) is 25.1 Å². The highest BCUT2D eigenvalue weighted by molar-refractivity contribution is 5.92. The van der Waals surface area contributed by atoms with Gasteiger partial charge in [-0.25, -0.2) is 13.2 Å². The van der Waals surface area contributed by atoms with Crippen LogP contribution in [0.4, 0.5) is 18.9 Å². The summed E-state index contributed by atoms with van der Waals surface area (Å²) in [6, 6.07) is 8.82. The van der Waals surface area contributed by atoms with Crippen LogP contribution in [0.1, 0.15) is 18.5 Å². The first kappa shape index (κ1) is 17.8. The number of carbonyl (C=O) groups excluding carboxylic acids is 1. The van der Waals surface area contributed by atoms with E-state index in [9.17, 15) is 18.0 Å². The molecule has 24 heavy (non-hydrogen) atoms. The second kappa shape index (κ2) is 7.83. The lowest BCUT2D eigenvalue weighted by molar-refractivity contribution is -0.115. The Balaban J connectivity index is 1.97. The summed E-state index contributed by atoms with van der Waals surface area (Å²) in [7, 11) is 1.55. The number of rotatable bonds is 6. The molecule has 0 aliphatic heterocycles. The van der Waals surface area contributed by atoms with Crippen LogP contribution in [0.5, 0.6) is 5.75 Å². The van der Waals surface area contributed by atoms with Crippen LogP contribution in [0.15, 0.2) is 36.4 Å². The van der Waals surface area contributed by atoms with Crippen molar-refractivity contribution in [2.75, 3.05) is 19.0 Å². The van der Waals surface area contributed by atoms with Gasteiger partial charge in [-0.2, -0.15) is 0 Å². The highest BCUT2D eigenvalue weighted by atomic mass is 19.2. The Labute approximate surface area is 137 Å². The number of benzene rings is 2. The fraction of sp³-hybridized carbons (Fsp3) is 0.235. The smallest absolute Gasteiger partial charge is 0.238 e. The van der Waals surface area contributed by atoms with Gasteiger partial charge < -0.3 is 15.4 Å². The lowest BCUT2D eigenvalue weighted by atomic mass is 10.1. The van der Waals surface area contributed by atoms with Crippen molar-refractivity contribution in [1.29, 1.82) is 0 Å². The van der Waals surface area contributed by atoms with Gasteiger partial charge in [0.15, 0.2) is 17.5 Å². The second-order valence-corrected chi connectivity index (χ2v) is 5.12. The van der Waals surface area contributed by atoms with Crippen molar-refractivity contribution in [3.8, 4) is 5.75 Å². The number of anilines is 1. The van der Waals surface area contributed by atoms with Crippen molar-refractivity contribution >= 4 is 11.6 Å². The first-order valence-electron chi connectivity index (χ1n) is 7.23. The summed E-state index contributed by atoms with van der Waals surface area (Å²) < 4.78 is 44.7. The van der Waals surface area contributed by atoms with E-state index in [0.29, 0.717) is 5.75 Å². The molecule has 4 nitrogen and oxygen atoms in total. The van der Waals surface area contributed by atoms with Gasteiger partial charge in [0.25, 0.3) is 0 Å². The van der Waals surface area contributed by atoms with E-state index >= 15 is 0 Å². The van der Waals surface area contributed by atoms with Crippen molar-refractivity contribution in [2.45, 2.75) is 13.0 Å². The minimum atomic E-state index is -1.62. The molecule has 0 spiro atoms. The van der Waals surface area contributed by atoms with E-state index in [-0.39, 0.29) is 12.6 Å². The zero-order chi connectivity index (χ0) is 17.7. The molecule has 0 radical (unpaired) electrons. The molecule has 1 atom stereocenters. The van der Waals surface area contributed by atoms with Crippen LogP contribution in [-0.4, -0.2) is 19.6 Å². The molecule has 0 saturated heterocycles. The van der Waals surface area contributed by atoms with Crippen LogP contribution < -0.4 is 15.4 Å². The average Bonchev–Trinajstić information content (AvgIpc) is 2.60. The van der Waals surface area contributed by atoms with Crippen LogP contribution in [0.25, 0.3) is 0 Å². The standard InChI is InChI=1S/C17H17F3N2O2/c1-10(11-5-3-4-6-14(11)24-2)21-9-15(23)22-13-8-7-12(18)16(19)17(13)20/h3-8,10,21H,9H2,1-2H3,(H,22,23)/t10-/m1/s1. The van der Waals surface area contributed by atoms with Crippen LogP contribution >= 0.6 is 0 Å². The van der Waals surface area contributed by atoms with E-state index in [4.69, 9.17) is 4.74 Å². The first-order valence-corrected chi connectivity index (χ1v) is 7.23. The predicted octanol–water partition coefficient (Wildman–Crippen LogP) is 3.40. The summed E-state index contributed by atoms with van der Waals surface area (Å²) >= 11 is 0. The highest BCUT2D eigenvalue weighted by Gasteiger charge is 2.16. The molecule has 0 aromatic heterocycles. The van der Waals surface area contributed by atoms with Crippen LogP contribution in [0, 0.1) is 17.5 Å². The Bertz CT molecular complexity index is 738. The van der Waals surface area contributed by atoms with Gasteiger partial charge in [0, 0.05) is 11.6 Å². The molecule has 0 fully saturated rings. The van der Waals surface area contributed by atoms with Gasteiger partial charge in [0.05, 0.1) is 19.3 Å². The Morgan fingerprint density at radius 3 is 2.54 bits per heavy atom. The van der Waals surface area contributed by atoms with E-state index in [0.717, 1.165) is 17.7 Å². The van der Waals surface area contributed by atoms with Gasteiger partial charge >= 0.3 is 0 Å². The zero-order valence-electron chi connectivity index (χ0n) is 13.2. The molecule has 128 valence electrons. The third kappa shape index (κ3) is 4.05. The molecule has 2 rings (SSSR count). The Hall–Kier alpha value is -2.54. The Morgan fingerprint density at radius 2 is 1.83 bits per heavy atom. The van der Waals surface area contributed by atoms with Crippen molar-refractivity contribution in [3.63, 3.8) is 0 Å². The third-order valence-electron chi connectivity index (χ3n) is 3.48. The molecule has 0 heterocycles. The van der Waals surface area contributed by atoms with E-state index in [1.807, 2.05) is 25.1 Å². The number of methoxy groups -OCH3 is 1. The number of nitrogens with one attached hydrogen (secondary N) is 2. The topological polar surface area (TPSA) is 50.4 Å². The minimum absolute atomic E-state index is 0.141. The number of hydrogen-bond donors (Lipinski definition) is 2. The second-order valence-electron chi connectivity index (χ2n) is 5.12. The lowest BCUT2D eigenvalue weighted by Crippen LogP contribution is -2.30. The predicted molar refractivity (Wildman–Crippen MR) is 84.4 cm³/mol. The van der Waals surface area contributed by atoms with Crippen molar-refractivity contribution < 1.29 is 22.7 Å². The van der Waals surface area contributed by atoms with Crippen LogP contribution in [-0.2, 0) is 4.79 Å². The summed E-state index contributed by atoms with van der Waals surface area (Å²) in [4.78, 5) is 11.9. The summed E-state index contributed by atoms with van der Waals surface area (Å²) in [6.45, 7) is 1.70. The molecule has 0 saturated carbocycles. The van der Waals surface area contributed by atoms with Gasteiger partial charge in [0.1, 0.15) is 5.75 Å². The van der Waals surface area contributed by atoms with Crippen LogP contribution in [0.3, 0.4) is 0 Å². The zero-order valence-corrected chi connectivity index (χ0v) is 13.2. The first-order chi connectivity index (χ1) is 11.4. The third-order valence-corrected chi connectivity index (χ3v) is 3.48. The molecule has 2 aromatic carbocycles. The summed E-state index contributed by atoms with van der Waals surface area (Å²) in [6.07, 6.45) is 0. The lowest BCUT2D eigenvalue weighted by Gasteiger charge is -2.17. The van der Waals surface area contributed by atoms with Gasteiger partial charge in [-0.15, -0.1) is 0 Å². The van der Waals surface area contributed by atoms with E-state index in [1.165, 1.54) is 0 Å². The number of amides is 1.